The van der Waals surface area contributed by atoms with E-state index in [1.54, 1.807) is 30.3 Å². The van der Waals surface area contributed by atoms with Crippen molar-refractivity contribution in [1.82, 2.24) is 15.5 Å². The van der Waals surface area contributed by atoms with Gasteiger partial charge in [-0.2, -0.15) is 0 Å². The van der Waals surface area contributed by atoms with Crippen LogP contribution in [0.15, 0.2) is 97.1 Å². The molecule has 3 amide bonds. The minimum Gasteiger partial charge on any atom is -0.457 e. The molecular formula is C28H32N4O3. The van der Waals surface area contributed by atoms with Gasteiger partial charge in [-0.05, 0) is 62.5 Å². The highest BCUT2D eigenvalue weighted by atomic mass is 16.5. The molecule has 0 aliphatic heterocycles. The summed E-state index contributed by atoms with van der Waals surface area (Å²) < 4.78 is 5.79. The van der Waals surface area contributed by atoms with Crippen molar-refractivity contribution >= 4 is 17.6 Å². The SMILES string of the molecule is CN(C)CCNC(=O)/C=C/C(Cc1ccccc1)NC(=O)Nc1ccc(Oc2ccccc2)cc1. The predicted molar refractivity (Wildman–Crippen MR) is 140 cm³/mol. The number of carbonyl (C=O) groups is 2. The summed E-state index contributed by atoms with van der Waals surface area (Å²) in [6.45, 7) is 1.31. The van der Waals surface area contributed by atoms with Crippen LogP contribution < -0.4 is 20.7 Å². The van der Waals surface area contributed by atoms with Gasteiger partial charge in [-0.3, -0.25) is 4.79 Å². The number of para-hydroxylation sites is 1. The standard InChI is InChI=1S/C28H32N4O3/c1-32(2)20-19-29-27(33)18-15-24(21-22-9-5-3-6-10-22)31-28(34)30-23-13-16-26(17-14-23)35-25-11-7-4-8-12-25/h3-18,24H,19-21H2,1-2H3,(H,29,33)(H2,30,31,34)/b18-15+. The first kappa shape index (κ1) is 25.5. The van der Waals surface area contributed by atoms with Crippen molar-refractivity contribution in [2.24, 2.45) is 0 Å². The normalized spacial score (nSPS) is 11.7. The van der Waals surface area contributed by atoms with Gasteiger partial charge in [0, 0.05) is 24.9 Å². The Balaban J connectivity index is 1.57. The van der Waals surface area contributed by atoms with Crippen molar-refractivity contribution in [3.05, 3.63) is 103 Å². The van der Waals surface area contributed by atoms with Crippen LogP contribution in [0.25, 0.3) is 0 Å². The summed E-state index contributed by atoms with van der Waals surface area (Å²) in [5, 5.41) is 8.62. The number of ether oxygens (including phenoxy) is 1. The lowest BCUT2D eigenvalue weighted by molar-refractivity contribution is -0.116. The minimum absolute atomic E-state index is 0.193. The first-order valence-corrected chi connectivity index (χ1v) is 11.5. The molecule has 7 nitrogen and oxygen atoms in total. The smallest absolute Gasteiger partial charge is 0.319 e. The van der Waals surface area contributed by atoms with E-state index in [4.69, 9.17) is 4.74 Å². The molecule has 3 aromatic carbocycles. The summed E-state index contributed by atoms with van der Waals surface area (Å²) in [6.07, 6.45) is 3.74. The Bertz CT molecular complexity index is 1080. The van der Waals surface area contributed by atoms with Crippen LogP contribution >= 0.6 is 0 Å². The van der Waals surface area contributed by atoms with Crippen molar-refractivity contribution in [1.29, 1.82) is 0 Å². The number of carbonyl (C=O) groups excluding carboxylic acids is 2. The Morgan fingerprint density at radius 3 is 2.17 bits per heavy atom. The molecule has 1 unspecified atom stereocenters. The molecule has 0 radical (unpaired) electrons. The van der Waals surface area contributed by atoms with Gasteiger partial charge in [0.05, 0.1) is 6.04 Å². The Kier molecular flexibility index (Phi) is 9.89. The highest BCUT2D eigenvalue weighted by Crippen LogP contribution is 2.22. The quantitative estimate of drug-likeness (QED) is 0.360. The average molecular weight is 473 g/mol. The highest BCUT2D eigenvalue weighted by Gasteiger charge is 2.12. The lowest BCUT2D eigenvalue weighted by Crippen LogP contribution is -2.38. The fourth-order valence-corrected chi connectivity index (χ4v) is 3.27. The first-order chi connectivity index (χ1) is 17.0. The lowest BCUT2D eigenvalue weighted by Gasteiger charge is -2.16. The number of rotatable bonds is 11. The number of benzene rings is 3. The molecule has 0 aromatic heterocycles. The number of likely N-dealkylation sites (N-methyl/N-ethyl adjacent to an activating group) is 1. The van der Waals surface area contributed by atoms with Gasteiger partial charge in [-0.1, -0.05) is 54.6 Å². The maximum absolute atomic E-state index is 12.7. The zero-order valence-electron chi connectivity index (χ0n) is 20.1. The molecule has 0 aliphatic rings. The zero-order valence-corrected chi connectivity index (χ0v) is 20.1. The molecular weight excluding hydrogens is 440 g/mol. The molecule has 3 aromatic rings. The van der Waals surface area contributed by atoms with Gasteiger partial charge in [-0.15, -0.1) is 0 Å². The number of nitrogens with zero attached hydrogens (tertiary/aromatic N) is 1. The van der Waals surface area contributed by atoms with Crippen LogP contribution in [0.1, 0.15) is 5.56 Å². The largest absolute Gasteiger partial charge is 0.457 e. The maximum atomic E-state index is 12.7. The summed E-state index contributed by atoms with van der Waals surface area (Å²) in [5.41, 5.74) is 1.68. The summed E-state index contributed by atoms with van der Waals surface area (Å²) in [7, 11) is 3.90. The molecule has 0 aliphatic carbocycles. The van der Waals surface area contributed by atoms with Crippen molar-refractivity contribution in [3.8, 4) is 11.5 Å². The van der Waals surface area contributed by atoms with Gasteiger partial charge in [0.2, 0.25) is 5.91 Å². The van der Waals surface area contributed by atoms with Crippen LogP contribution in [0.4, 0.5) is 10.5 Å². The van der Waals surface area contributed by atoms with E-state index in [9.17, 15) is 9.59 Å². The molecule has 3 N–H and O–H groups in total. The molecule has 35 heavy (non-hydrogen) atoms. The van der Waals surface area contributed by atoms with Gasteiger partial charge in [0.25, 0.3) is 0 Å². The second-order valence-electron chi connectivity index (χ2n) is 8.29. The Morgan fingerprint density at radius 2 is 1.51 bits per heavy atom. The summed E-state index contributed by atoms with van der Waals surface area (Å²) >= 11 is 0. The molecule has 0 saturated carbocycles. The fourth-order valence-electron chi connectivity index (χ4n) is 3.27. The topological polar surface area (TPSA) is 82.7 Å². The maximum Gasteiger partial charge on any atom is 0.319 e. The molecule has 0 saturated heterocycles. The number of hydrogen-bond donors (Lipinski definition) is 3. The average Bonchev–Trinajstić information content (AvgIpc) is 2.85. The molecule has 0 fully saturated rings. The van der Waals surface area contributed by atoms with Gasteiger partial charge >= 0.3 is 6.03 Å². The third-order valence-electron chi connectivity index (χ3n) is 5.04. The van der Waals surface area contributed by atoms with Crippen LogP contribution in [0, 0.1) is 0 Å². The van der Waals surface area contributed by atoms with Gasteiger partial charge in [0.15, 0.2) is 0 Å². The van der Waals surface area contributed by atoms with Crippen molar-refractivity contribution in [3.63, 3.8) is 0 Å². The van der Waals surface area contributed by atoms with Crippen LogP contribution in [0.2, 0.25) is 0 Å². The highest BCUT2D eigenvalue weighted by molar-refractivity contribution is 5.90. The number of hydrogen-bond acceptors (Lipinski definition) is 4. The Labute approximate surface area is 206 Å². The van der Waals surface area contributed by atoms with Crippen LogP contribution in [-0.4, -0.2) is 50.1 Å². The van der Waals surface area contributed by atoms with Crippen LogP contribution in [0.3, 0.4) is 0 Å². The Morgan fingerprint density at radius 1 is 0.886 bits per heavy atom. The molecule has 0 spiro atoms. The van der Waals surface area contributed by atoms with Crippen LogP contribution in [0.5, 0.6) is 11.5 Å². The third kappa shape index (κ3) is 9.73. The molecule has 3 rings (SSSR count). The van der Waals surface area contributed by atoms with Gasteiger partial charge < -0.3 is 25.6 Å². The first-order valence-electron chi connectivity index (χ1n) is 11.5. The van der Waals surface area contributed by atoms with Crippen LogP contribution in [-0.2, 0) is 11.2 Å². The second kappa shape index (κ2) is 13.6. The number of nitrogens with one attached hydrogen (secondary N) is 3. The fraction of sp³-hybridized carbons (Fsp3) is 0.214. The van der Waals surface area contributed by atoms with E-state index in [1.165, 1.54) is 6.08 Å². The van der Waals surface area contributed by atoms with Gasteiger partial charge in [-0.25, -0.2) is 4.79 Å². The zero-order chi connectivity index (χ0) is 24.9. The Hall–Kier alpha value is -4.10. The summed E-state index contributed by atoms with van der Waals surface area (Å²) in [5.74, 6) is 1.22. The monoisotopic (exact) mass is 472 g/mol. The van der Waals surface area contributed by atoms with E-state index in [0.717, 1.165) is 17.9 Å². The number of anilines is 1. The number of amides is 3. The van der Waals surface area contributed by atoms with Crippen molar-refractivity contribution in [2.75, 3.05) is 32.5 Å². The van der Waals surface area contributed by atoms with Crippen molar-refractivity contribution < 1.29 is 14.3 Å². The summed E-state index contributed by atoms with van der Waals surface area (Å²) in [6, 6.07) is 25.7. The summed E-state index contributed by atoms with van der Waals surface area (Å²) in [4.78, 5) is 26.8. The van der Waals surface area contributed by atoms with E-state index in [-0.39, 0.29) is 18.0 Å². The van der Waals surface area contributed by atoms with E-state index >= 15 is 0 Å². The minimum atomic E-state index is -0.363. The predicted octanol–water partition coefficient (Wildman–Crippen LogP) is 4.45. The second-order valence-corrected chi connectivity index (χ2v) is 8.29. The van der Waals surface area contributed by atoms with Gasteiger partial charge in [0.1, 0.15) is 11.5 Å². The molecule has 0 bridgehead atoms. The molecule has 0 heterocycles. The van der Waals surface area contributed by atoms with E-state index in [2.05, 4.69) is 16.0 Å². The van der Waals surface area contributed by atoms with E-state index in [0.29, 0.717) is 24.4 Å². The molecule has 7 heteroatoms. The van der Waals surface area contributed by atoms with E-state index in [1.807, 2.05) is 79.7 Å². The third-order valence-corrected chi connectivity index (χ3v) is 5.04. The van der Waals surface area contributed by atoms with E-state index < -0.39 is 0 Å². The van der Waals surface area contributed by atoms with Crippen molar-refractivity contribution in [2.45, 2.75) is 12.5 Å². The molecule has 1 atom stereocenters. The number of urea groups is 1. The molecule has 182 valence electrons. The lowest BCUT2D eigenvalue weighted by atomic mass is 10.1.